The second kappa shape index (κ2) is 10.6. The van der Waals surface area contributed by atoms with Crippen molar-refractivity contribution in [3.63, 3.8) is 0 Å². The van der Waals surface area contributed by atoms with Gasteiger partial charge in [0.2, 0.25) is 5.91 Å². The maximum absolute atomic E-state index is 13.4. The summed E-state index contributed by atoms with van der Waals surface area (Å²) in [6, 6.07) is 9.93. The normalized spacial score (nSPS) is 19.4. The van der Waals surface area contributed by atoms with Crippen LogP contribution in [-0.4, -0.2) is 65.4 Å². The molecule has 2 aliphatic rings. The summed E-state index contributed by atoms with van der Waals surface area (Å²) in [4.78, 5) is 64.4. The lowest BCUT2D eigenvalue weighted by Crippen LogP contribution is -2.48. The van der Waals surface area contributed by atoms with Crippen LogP contribution in [0.4, 0.5) is 11.4 Å². The van der Waals surface area contributed by atoms with E-state index in [-0.39, 0.29) is 48.2 Å². The fraction of sp³-hybridized carbons (Fsp3) is 0.360. The van der Waals surface area contributed by atoms with E-state index in [0.717, 1.165) is 11.3 Å². The number of nitro benzene ring substituents is 1. The van der Waals surface area contributed by atoms with Crippen LogP contribution in [-0.2, 0) is 19.1 Å². The first kappa shape index (κ1) is 25.0. The Hall–Kier alpha value is -4.12. The van der Waals surface area contributed by atoms with E-state index in [9.17, 15) is 29.3 Å². The maximum Gasteiger partial charge on any atom is 0.338 e. The lowest BCUT2D eigenvalue weighted by Gasteiger charge is -2.30. The second-order valence-corrected chi connectivity index (χ2v) is 8.45. The van der Waals surface area contributed by atoms with Gasteiger partial charge in [-0.15, -0.1) is 0 Å². The number of non-ortho nitro benzene ring substituents is 1. The molecule has 2 atom stereocenters. The molecular formula is C25H25N3O8. The fourth-order valence-electron chi connectivity index (χ4n) is 4.34. The van der Waals surface area contributed by atoms with Crippen LogP contribution in [0.25, 0.3) is 0 Å². The van der Waals surface area contributed by atoms with Gasteiger partial charge in [0.25, 0.3) is 17.5 Å². The van der Waals surface area contributed by atoms with E-state index < -0.39 is 34.7 Å². The van der Waals surface area contributed by atoms with Crippen LogP contribution in [0.3, 0.4) is 0 Å². The zero-order chi connectivity index (χ0) is 25.8. The molecule has 0 radical (unpaired) electrons. The molecule has 0 N–H and O–H groups in total. The number of hydrogen-bond donors (Lipinski definition) is 0. The highest BCUT2D eigenvalue weighted by molar-refractivity contribution is 6.23. The lowest BCUT2D eigenvalue weighted by molar-refractivity contribution is -0.384. The molecule has 2 unspecified atom stereocenters. The number of carbonyl (C=O) groups excluding carboxylic acids is 4. The average molecular weight is 495 g/mol. The van der Waals surface area contributed by atoms with Gasteiger partial charge in [-0.05, 0) is 56.2 Å². The molecule has 11 nitrogen and oxygen atoms in total. The van der Waals surface area contributed by atoms with Crippen molar-refractivity contribution in [3.8, 4) is 0 Å². The molecule has 188 valence electrons. The van der Waals surface area contributed by atoms with Crippen molar-refractivity contribution in [2.24, 2.45) is 0 Å². The smallest absolute Gasteiger partial charge is 0.338 e. The molecule has 0 aromatic heterocycles. The summed E-state index contributed by atoms with van der Waals surface area (Å²) >= 11 is 0. The van der Waals surface area contributed by atoms with Gasteiger partial charge in [-0.25, -0.2) is 9.69 Å². The van der Waals surface area contributed by atoms with E-state index >= 15 is 0 Å². The quantitative estimate of drug-likeness (QED) is 0.236. The van der Waals surface area contributed by atoms with Crippen molar-refractivity contribution in [3.05, 3.63) is 69.8 Å². The summed E-state index contributed by atoms with van der Waals surface area (Å²) in [7, 11) is 0. The predicted molar refractivity (Wildman–Crippen MR) is 126 cm³/mol. The fourth-order valence-corrected chi connectivity index (χ4v) is 4.34. The number of hydrogen-bond acceptors (Lipinski definition) is 8. The van der Waals surface area contributed by atoms with E-state index in [2.05, 4.69) is 0 Å². The third-order valence-corrected chi connectivity index (χ3v) is 6.15. The Morgan fingerprint density at radius 2 is 1.78 bits per heavy atom. The predicted octanol–water partition coefficient (Wildman–Crippen LogP) is 2.72. The summed E-state index contributed by atoms with van der Waals surface area (Å²) < 4.78 is 10.6. The Morgan fingerprint density at radius 3 is 2.36 bits per heavy atom. The summed E-state index contributed by atoms with van der Waals surface area (Å²) in [5, 5.41) is 11.0. The SMILES string of the molecule is CCOC(=O)c1ccc(N2C(=O)CC(N(CC3CCCO3)C(=O)c3ccc([N+](=O)[O-])cc3)C2=O)cc1. The van der Waals surface area contributed by atoms with E-state index in [0.29, 0.717) is 13.0 Å². The van der Waals surface area contributed by atoms with Gasteiger partial charge in [-0.1, -0.05) is 0 Å². The standard InChI is InChI=1S/C25H25N3O8/c1-2-35-25(32)17-7-9-18(10-8-17)27-22(29)14-21(24(27)31)26(15-20-4-3-13-36-20)23(30)16-5-11-19(12-6-16)28(33)34/h5-12,20-21H,2-4,13-15H2,1H3. The highest BCUT2D eigenvalue weighted by Gasteiger charge is 2.45. The number of esters is 1. The molecule has 0 saturated carbocycles. The Balaban J connectivity index is 1.59. The van der Waals surface area contributed by atoms with Crippen molar-refractivity contribution in [2.45, 2.75) is 38.3 Å². The van der Waals surface area contributed by atoms with Gasteiger partial charge in [-0.3, -0.25) is 24.5 Å². The molecule has 11 heteroatoms. The minimum Gasteiger partial charge on any atom is -0.462 e. The molecule has 2 aliphatic heterocycles. The summed E-state index contributed by atoms with van der Waals surface area (Å²) in [5.41, 5.74) is 0.558. The Labute approximate surface area is 206 Å². The van der Waals surface area contributed by atoms with E-state index in [4.69, 9.17) is 9.47 Å². The topological polar surface area (TPSA) is 136 Å². The molecule has 2 aromatic carbocycles. The van der Waals surface area contributed by atoms with Crippen molar-refractivity contribution in [1.29, 1.82) is 0 Å². The largest absolute Gasteiger partial charge is 0.462 e. The van der Waals surface area contributed by atoms with Crippen LogP contribution >= 0.6 is 0 Å². The second-order valence-electron chi connectivity index (χ2n) is 8.45. The van der Waals surface area contributed by atoms with Crippen LogP contribution < -0.4 is 4.90 Å². The number of anilines is 1. The highest BCUT2D eigenvalue weighted by Crippen LogP contribution is 2.29. The lowest BCUT2D eigenvalue weighted by atomic mass is 10.1. The molecule has 0 aliphatic carbocycles. The Bertz CT molecular complexity index is 1170. The molecule has 2 fully saturated rings. The first-order valence-electron chi connectivity index (χ1n) is 11.6. The zero-order valence-electron chi connectivity index (χ0n) is 19.6. The summed E-state index contributed by atoms with van der Waals surface area (Å²) in [6.07, 6.45) is 1.02. The van der Waals surface area contributed by atoms with Crippen LogP contribution in [0, 0.1) is 10.1 Å². The van der Waals surface area contributed by atoms with Gasteiger partial charge in [0.15, 0.2) is 0 Å². The van der Waals surface area contributed by atoms with Crippen molar-refractivity contribution >= 4 is 35.1 Å². The maximum atomic E-state index is 13.4. The highest BCUT2D eigenvalue weighted by atomic mass is 16.6. The number of carbonyl (C=O) groups is 4. The zero-order valence-corrected chi connectivity index (χ0v) is 19.6. The number of nitrogens with zero attached hydrogens (tertiary/aromatic N) is 3. The molecular weight excluding hydrogens is 470 g/mol. The molecule has 3 amide bonds. The first-order chi connectivity index (χ1) is 17.3. The van der Waals surface area contributed by atoms with Crippen LogP contribution in [0.15, 0.2) is 48.5 Å². The van der Waals surface area contributed by atoms with Gasteiger partial charge in [0.1, 0.15) is 6.04 Å². The number of ether oxygens (including phenoxy) is 2. The first-order valence-corrected chi connectivity index (χ1v) is 11.6. The monoisotopic (exact) mass is 495 g/mol. The van der Waals surface area contributed by atoms with Crippen LogP contribution in [0.5, 0.6) is 0 Å². The van der Waals surface area contributed by atoms with Crippen LogP contribution in [0.2, 0.25) is 0 Å². The van der Waals surface area contributed by atoms with Gasteiger partial charge < -0.3 is 14.4 Å². The minimum absolute atomic E-state index is 0.106. The van der Waals surface area contributed by atoms with Crippen molar-refractivity contribution < 1.29 is 33.6 Å². The Kier molecular flexibility index (Phi) is 7.39. The summed E-state index contributed by atoms with van der Waals surface area (Å²) in [6.45, 7) is 2.55. The van der Waals surface area contributed by atoms with Gasteiger partial charge in [0, 0.05) is 30.8 Å². The third kappa shape index (κ3) is 5.10. The van der Waals surface area contributed by atoms with Crippen molar-refractivity contribution in [2.75, 3.05) is 24.7 Å². The van der Waals surface area contributed by atoms with E-state index in [1.54, 1.807) is 6.92 Å². The molecule has 0 bridgehead atoms. The molecule has 2 heterocycles. The molecule has 36 heavy (non-hydrogen) atoms. The summed E-state index contributed by atoms with van der Waals surface area (Å²) in [5.74, 6) is -2.09. The average Bonchev–Trinajstić information content (AvgIpc) is 3.49. The molecule has 2 aromatic rings. The Morgan fingerprint density at radius 1 is 1.11 bits per heavy atom. The molecule has 4 rings (SSSR count). The number of imide groups is 1. The van der Waals surface area contributed by atoms with Crippen LogP contribution in [0.1, 0.15) is 46.9 Å². The minimum atomic E-state index is -1.06. The van der Waals surface area contributed by atoms with Gasteiger partial charge in [-0.2, -0.15) is 0 Å². The molecule has 2 saturated heterocycles. The van der Waals surface area contributed by atoms with E-state index in [1.165, 1.54) is 53.4 Å². The van der Waals surface area contributed by atoms with Crippen molar-refractivity contribution in [1.82, 2.24) is 4.90 Å². The number of amides is 3. The van der Waals surface area contributed by atoms with E-state index in [1.807, 2.05) is 0 Å². The number of benzene rings is 2. The number of rotatable bonds is 8. The number of nitro groups is 1. The van der Waals surface area contributed by atoms with Gasteiger partial charge in [0.05, 0.1) is 35.3 Å². The van der Waals surface area contributed by atoms with Gasteiger partial charge >= 0.3 is 5.97 Å². The molecule has 0 spiro atoms. The third-order valence-electron chi connectivity index (χ3n) is 6.15.